The second kappa shape index (κ2) is 11.6. The van der Waals surface area contributed by atoms with E-state index in [0.29, 0.717) is 28.5 Å². The van der Waals surface area contributed by atoms with E-state index in [9.17, 15) is 18.8 Å². The largest absolute Gasteiger partial charge is 0.342 e. The van der Waals surface area contributed by atoms with E-state index in [1.54, 1.807) is 12.1 Å². The van der Waals surface area contributed by atoms with Crippen molar-refractivity contribution in [3.05, 3.63) is 69.7 Å². The topological polar surface area (TPSA) is 44.1 Å². The molecular formula is C27H31ClF2N2O. The van der Waals surface area contributed by atoms with Gasteiger partial charge in [0.2, 0.25) is 5.91 Å². The molecule has 1 aliphatic heterocycles. The lowest BCUT2D eigenvalue weighted by atomic mass is 9.85. The lowest BCUT2D eigenvalue weighted by molar-refractivity contribution is -0.134. The molecule has 0 bridgehead atoms. The molecule has 1 aliphatic rings. The number of benzene rings is 2. The van der Waals surface area contributed by atoms with Crippen molar-refractivity contribution in [1.82, 2.24) is 4.90 Å². The minimum atomic E-state index is -0.464. The second-order valence-corrected chi connectivity index (χ2v) is 9.60. The zero-order valence-electron chi connectivity index (χ0n) is 19.3. The summed E-state index contributed by atoms with van der Waals surface area (Å²) >= 11 is 6.27. The van der Waals surface area contributed by atoms with E-state index in [1.807, 2.05) is 17.9 Å². The molecule has 2 aromatic rings. The summed E-state index contributed by atoms with van der Waals surface area (Å²) in [4.78, 5) is 14.6. The van der Waals surface area contributed by atoms with Crippen LogP contribution in [-0.4, -0.2) is 23.9 Å². The fourth-order valence-corrected chi connectivity index (χ4v) is 5.03. The molecule has 6 heteroatoms. The number of likely N-dealkylation sites (tertiary alicyclic amines) is 1. The van der Waals surface area contributed by atoms with Crippen LogP contribution in [0.4, 0.5) is 8.78 Å². The van der Waals surface area contributed by atoms with Crippen LogP contribution in [0, 0.1) is 34.8 Å². The predicted octanol–water partition coefficient (Wildman–Crippen LogP) is 6.88. The third-order valence-electron chi connectivity index (χ3n) is 6.72. The third-order valence-corrected chi connectivity index (χ3v) is 7.04. The summed E-state index contributed by atoms with van der Waals surface area (Å²) in [5.74, 6) is -0.292. The summed E-state index contributed by atoms with van der Waals surface area (Å²) in [7, 11) is 0. The zero-order valence-corrected chi connectivity index (χ0v) is 20.0. The van der Waals surface area contributed by atoms with Crippen LogP contribution in [0.25, 0.3) is 0 Å². The van der Waals surface area contributed by atoms with Gasteiger partial charge in [0.05, 0.1) is 10.6 Å². The average Bonchev–Trinajstić information content (AvgIpc) is 3.27. The molecule has 2 aromatic carbocycles. The molecule has 1 amide bonds. The number of hydrogen-bond acceptors (Lipinski definition) is 2. The van der Waals surface area contributed by atoms with E-state index in [-0.39, 0.29) is 17.7 Å². The Kier molecular flexibility index (Phi) is 8.86. The van der Waals surface area contributed by atoms with Gasteiger partial charge < -0.3 is 4.90 Å². The van der Waals surface area contributed by atoms with Crippen molar-refractivity contribution in [2.75, 3.05) is 13.1 Å². The summed E-state index contributed by atoms with van der Waals surface area (Å²) in [5.41, 5.74) is 1.63. The number of hydrogen-bond donors (Lipinski definition) is 0. The highest BCUT2D eigenvalue weighted by molar-refractivity contribution is 6.31. The van der Waals surface area contributed by atoms with Gasteiger partial charge >= 0.3 is 0 Å². The Morgan fingerprint density at radius 3 is 2.73 bits per heavy atom. The number of nitrogens with zero attached hydrogens (tertiary/aromatic N) is 2. The number of nitriles is 1. The highest BCUT2D eigenvalue weighted by atomic mass is 35.5. The van der Waals surface area contributed by atoms with Crippen molar-refractivity contribution < 1.29 is 13.6 Å². The van der Waals surface area contributed by atoms with Crippen LogP contribution in [0.5, 0.6) is 0 Å². The summed E-state index contributed by atoms with van der Waals surface area (Å²) in [6.45, 7) is 5.62. The van der Waals surface area contributed by atoms with Crippen molar-refractivity contribution in [3.8, 4) is 6.07 Å². The van der Waals surface area contributed by atoms with Crippen LogP contribution in [-0.2, 0) is 11.2 Å². The minimum Gasteiger partial charge on any atom is -0.342 e. The van der Waals surface area contributed by atoms with Gasteiger partial charge in [-0.15, -0.1) is 0 Å². The summed E-state index contributed by atoms with van der Waals surface area (Å²) in [5, 5.41) is 9.54. The number of amides is 1. The molecule has 3 nitrogen and oxygen atoms in total. The number of carbonyl (C=O) groups excluding carboxylic acids is 1. The van der Waals surface area contributed by atoms with Gasteiger partial charge in [-0.1, -0.05) is 37.9 Å². The maximum atomic E-state index is 14.4. The highest BCUT2D eigenvalue weighted by Crippen LogP contribution is 2.33. The van der Waals surface area contributed by atoms with Crippen molar-refractivity contribution in [2.45, 2.75) is 58.3 Å². The van der Waals surface area contributed by atoms with Crippen molar-refractivity contribution in [1.29, 1.82) is 5.26 Å². The number of halogens is 3. The van der Waals surface area contributed by atoms with Crippen LogP contribution >= 0.6 is 11.6 Å². The first-order chi connectivity index (χ1) is 15.8. The molecule has 0 N–H and O–H groups in total. The number of carbonyl (C=O) groups is 1. The Morgan fingerprint density at radius 1 is 1.24 bits per heavy atom. The van der Waals surface area contributed by atoms with Gasteiger partial charge in [-0.2, -0.15) is 5.26 Å². The lowest BCUT2D eigenvalue weighted by Crippen LogP contribution is -2.33. The van der Waals surface area contributed by atoms with Crippen LogP contribution in [0.2, 0.25) is 5.02 Å². The van der Waals surface area contributed by atoms with E-state index in [4.69, 9.17) is 11.6 Å². The Hall–Kier alpha value is -2.45. The fraction of sp³-hybridized carbons (Fsp3) is 0.481. The molecule has 0 radical (unpaired) electrons. The molecule has 176 valence electrons. The molecule has 2 unspecified atom stereocenters. The zero-order chi connectivity index (χ0) is 24.0. The minimum absolute atomic E-state index is 0.0539. The average molecular weight is 473 g/mol. The van der Waals surface area contributed by atoms with E-state index in [2.05, 4.69) is 13.0 Å². The van der Waals surface area contributed by atoms with Gasteiger partial charge in [0.25, 0.3) is 0 Å². The quantitative estimate of drug-likeness (QED) is 0.399. The molecule has 3 rings (SSSR count). The normalized spacial score (nSPS) is 17.6. The Labute approximate surface area is 200 Å². The Bertz CT molecular complexity index is 1020. The maximum Gasteiger partial charge on any atom is 0.225 e. The molecule has 33 heavy (non-hydrogen) atoms. The number of rotatable bonds is 9. The van der Waals surface area contributed by atoms with Crippen LogP contribution < -0.4 is 0 Å². The van der Waals surface area contributed by atoms with Crippen LogP contribution in [0.15, 0.2) is 36.4 Å². The van der Waals surface area contributed by atoms with Crippen LogP contribution in [0.1, 0.15) is 68.6 Å². The fourth-order valence-electron chi connectivity index (χ4n) is 4.80. The molecule has 1 saturated heterocycles. The van der Waals surface area contributed by atoms with E-state index >= 15 is 0 Å². The van der Waals surface area contributed by atoms with Gasteiger partial charge in [0.1, 0.15) is 17.7 Å². The standard InChI is InChI=1S/C27H31ClF2N2O/c1-3-4-18(2)27(33)32-12-11-19(17-32)5-6-20(13-23-14-24(29)9-10-26(23)30)21-7-8-22(16-31)25(28)15-21/h7-10,14-15,18-20H,3-6,11-13,17H2,1-2H3/t18?,19-,20?/m0/s1. The first-order valence-corrected chi connectivity index (χ1v) is 12.1. The van der Waals surface area contributed by atoms with E-state index in [0.717, 1.165) is 62.9 Å². The molecular weight excluding hydrogens is 442 g/mol. The molecule has 0 aromatic heterocycles. The van der Waals surface area contributed by atoms with Gasteiger partial charge in [-0.25, -0.2) is 8.78 Å². The monoisotopic (exact) mass is 472 g/mol. The highest BCUT2D eigenvalue weighted by Gasteiger charge is 2.29. The van der Waals surface area contributed by atoms with Crippen LogP contribution in [0.3, 0.4) is 0 Å². The van der Waals surface area contributed by atoms with Gasteiger partial charge in [-0.05, 0) is 85.4 Å². The SMILES string of the molecule is CCCC(C)C(=O)N1CC[C@H](CCC(Cc2cc(F)ccc2F)c2ccc(C#N)c(Cl)c2)C1. The van der Waals surface area contributed by atoms with Gasteiger partial charge in [0, 0.05) is 19.0 Å². The third kappa shape index (κ3) is 6.54. The van der Waals surface area contributed by atoms with Gasteiger partial charge in [-0.3, -0.25) is 4.79 Å². The molecule has 0 saturated carbocycles. The van der Waals surface area contributed by atoms with Crippen molar-refractivity contribution in [2.24, 2.45) is 11.8 Å². The van der Waals surface area contributed by atoms with E-state index < -0.39 is 11.6 Å². The molecule has 1 fully saturated rings. The smallest absolute Gasteiger partial charge is 0.225 e. The Morgan fingerprint density at radius 2 is 2.03 bits per heavy atom. The molecule has 0 aliphatic carbocycles. The summed E-state index contributed by atoms with van der Waals surface area (Å²) < 4.78 is 28.2. The first-order valence-electron chi connectivity index (χ1n) is 11.7. The predicted molar refractivity (Wildman–Crippen MR) is 127 cm³/mol. The second-order valence-electron chi connectivity index (χ2n) is 9.19. The van der Waals surface area contributed by atoms with Gasteiger partial charge in [0.15, 0.2) is 0 Å². The van der Waals surface area contributed by atoms with Crippen molar-refractivity contribution >= 4 is 17.5 Å². The van der Waals surface area contributed by atoms with Crippen molar-refractivity contribution in [3.63, 3.8) is 0 Å². The molecule has 3 atom stereocenters. The maximum absolute atomic E-state index is 14.4. The summed E-state index contributed by atoms with van der Waals surface area (Å²) in [6.07, 6.45) is 4.84. The molecule has 1 heterocycles. The summed E-state index contributed by atoms with van der Waals surface area (Å²) in [6, 6.07) is 10.9. The first kappa shape index (κ1) is 25.2. The Balaban J connectivity index is 1.72. The van der Waals surface area contributed by atoms with E-state index in [1.165, 1.54) is 6.07 Å². The molecule has 0 spiro atoms. The lowest BCUT2D eigenvalue weighted by Gasteiger charge is -2.22.